The molecule has 0 radical (unpaired) electrons. The smallest absolute Gasteiger partial charge is 0.329 e. The Hall–Kier alpha value is -4.93. The Balaban J connectivity index is 1.59. The minimum Gasteiger partial charge on any atom is -0.495 e. The summed E-state index contributed by atoms with van der Waals surface area (Å²) in [5.74, 6) is -0.712. The van der Waals surface area contributed by atoms with Crippen LogP contribution < -0.4 is 15.4 Å². The highest BCUT2D eigenvalue weighted by Gasteiger charge is 2.35. The zero-order valence-corrected chi connectivity index (χ0v) is 20.7. The van der Waals surface area contributed by atoms with Gasteiger partial charge in [0.25, 0.3) is 11.6 Å². The van der Waals surface area contributed by atoms with Crippen LogP contribution in [0.2, 0.25) is 0 Å². The third kappa shape index (κ3) is 5.06. The van der Waals surface area contributed by atoms with Crippen molar-refractivity contribution in [2.24, 2.45) is 0 Å². The average molecular weight is 504 g/mol. The van der Waals surface area contributed by atoms with Crippen molar-refractivity contribution in [2.75, 3.05) is 19.0 Å². The number of nitro benzene ring substituents is 1. The third-order valence-corrected chi connectivity index (χ3v) is 5.95. The molecule has 1 aliphatic rings. The SMILES string of the molecule is COc1ccc([N+](=O)[O-])cc1-n1c(C)cc(/C=C2/NC(=O)N(CC(=O)Nc3cccc(C)c3)C2=O)c1C. The van der Waals surface area contributed by atoms with Gasteiger partial charge in [0, 0.05) is 29.2 Å². The standard InChI is InChI=1S/C26H25N5O6/c1-15-6-5-7-19(10-15)27-24(32)14-29-25(33)21(28-26(29)34)12-18-11-16(2)30(17(18)3)22-13-20(31(35)36)8-9-23(22)37-4/h5-13H,14H2,1-4H3,(H,27,32)(H,28,34)/b21-12+. The number of aromatic nitrogens is 1. The van der Waals surface area contributed by atoms with E-state index in [2.05, 4.69) is 10.6 Å². The molecule has 0 aliphatic carbocycles. The summed E-state index contributed by atoms with van der Waals surface area (Å²) in [6.07, 6.45) is 1.52. The van der Waals surface area contributed by atoms with Gasteiger partial charge in [-0.05, 0) is 62.2 Å². The monoisotopic (exact) mass is 503 g/mol. The van der Waals surface area contributed by atoms with E-state index in [0.717, 1.165) is 16.2 Å². The van der Waals surface area contributed by atoms with Gasteiger partial charge in [0.2, 0.25) is 5.91 Å². The predicted molar refractivity (Wildman–Crippen MR) is 136 cm³/mol. The number of urea groups is 1. The van der Waals surface area contributed by atoms with Gasteiger partial charge < -0.3 is 19.9 Å². The molecule has 4 rings (SSSR count). The van der Waals surface area contributed by atoms with E-state index in [9.17, 15) is 24.5 Å². The summed E-state index contributed by atoms with van der Waals surface area (Å²) in [5.41, 5.74) is 3.92. The molecule has 11 heteroatoms. The van der Waals surface area contributed by atoms with Crippen molar-refractivity contribution in [2.45, 2.75) is 20.8 Å². The molecule has 1 aromatic heterocycles. The average Bonchev–Trinajstić information content (AvgIpc) is 3.27. The van der Waals surface area contributed by atoms with Crippen LogP contribution in [0.5, 0.6) is 5.75 Å². The number of non-ortho nitro benzene ring substituents is 1. The van der Waals surface area contributed by atoms with Crippen LogP contribution in [-0.2, 0) is 9.59 Å². The lowest BCUT2D eigenvalue weighted by atomic mass is 10.2. The molecule has 190 valence electrons. The number of aryl methyl sites for hydroxylation is 2. The fourth-order valence-electron chi connectivity index (χ4n) is 4.21. The van der Waals surface area contributed by atoms with E-state index in [0.29, 0.717) is 28.4 Å². The summed E-state index contributed by atoms with van der Waals surface area (Å²) < 4.78 is 7.17. The number of carbonyl (C=O) groups excluding carboxylic acids is 3. The summed E-state index contributed by atoms with van der Waals surface area (Å²) in [4.78, 5) is 49.5. The number of ether oxygens (including phenoxy) is 1. The minimum absolute atomic E-state index is 0.0135. The van der Waals surface area contributed by atoms with Gasteiger partial charge in [0.1, 0.15) is 18.0 Å². The molecule has 11 nitrogen and oxygen atoms in total. The largest absolute Gasteiger partial charge is 0.495 e. The molecule has 1 saturated heterocycles. The molecule has 2 aromatic carbocycles. The molecule has 4 amide bonds. The highest BCUT2D eigenvalue weighted by Crippen LogP contribution is 2.32. The molecule has 3 aromatic rings. The van der Waals surface area contributed by atoms with Gasteiger partial charge in [-0.2, -0.15) is 0 Å². The Morgan fingerprint density at radius 3 is 2.57 bits per heavy atom. The first-order valence-electron chi connectivity index (χ1n) is 11.3. The predicted octanol–water partition coefficient (Wildman–Crippen LogP) is 3.85. The molecule has 1 fully saturated rings. The van der Waals surface area contributed by atoms with Crippen molar-refractivity contribution in [1.82, 2.24) is 14.8 Å². The molecule has 1 aliphatic heterocycles. The van der Waals surface area contributed by atoms with Crippen molar-refractivity contribution < 1.29 is 24.0 Å². The number of benzene rings is 2. The van der Waals surface area contributed by atoms with Crippen LogP contribution in [0.4, 0.5) is 16.2 Å². The van der Waals surface area contributed by atoms with Gasteiger partial charge in [-0.3, -0.25) is 19.7 Å². The van der Waals surface area contributed by atoms with E-state index in [1.165, 1.54) is 31.4 Å². The van der Waals surface area contributed by atoms with Gasteiger partial charge in [0.15, 0.2) is 0 Å². The number of rotatable bonds is 7. The molecule has 2 N–H and O–H groups in total. The topological polar surface area (TPSA) is 136 Å². The van der Waals surface area contributed by atoms with Crippen LogP contribution in [0.3, 0.4) is 0 Å². The first-order valence-corrected chi connectivity index (χ1v) is 11.3. The molecule has 0 saturated carbocycles. The molecule has 37 heavy (non-hydrogen) atoms. The lowest BCUT2D eigenvalue weighted by Crippen LogP contribution is -2.38. The van der Waals surface area contributed by atoms with Gasteiger partial charge in [-0.1, -0.05) is 12.1 Å². The molecule has 0 unspecified atom stereocenters. The van der Waals surface area contributed by atoms with Crippen LogP contribution >= 0.6 is 0 Å². The van der Waals surface area contributed by atoms with Crippen LogP contribution in [0.25, 0.3) is 11.8 Å². The maximum Gasteiger partial charge on any atom is 0.329 e. The van der Waals surface area contributed by atoms with E-state index in [1.54, 1.807) is 35.8 Å². The third-order valence-electron chi connectivity index (χ3n) is 5.95. The molecule has 0 atom stereocenters. The van der Waals surface area contributed by atoms with E-state index in [1.807, 2.05) is 19.9 Å². The number of hydrogen-bond acceptors (Lipinski definition) is 6. The number of anilines is 1. The van der Waals surface area contributed by atoms with Gasteiger partial charge in [-0.15, -0.1) is 0 Å². The zero-order valence-electron chi connectivity index (χ0n) is 20.7. The number of imide groups is 1. The Kier molecular flexibility index (Phi) is 6.79. The number of nitrogens with one attached hydrogen (secondary N) is 2. The lowest BCUT2D eigenvalue weighted by molar-refractivity contribution is -0.384. The van der Waals surface area contributed by atoms with E-state index >= 15 is 0 Å². The Morgan fingerprint density at radius 1 is 1.14 bits per heavy atom. The molecule has 0 bridgehead atoms. The molecule has 2 heterocycles. The maximum atomic E-state index is 12.9. The van der Waals surface area contributed by atoms with Crippen molar-refractivity contribution >= 4 is 35.3 Å². The van der Waals surface area contributed by atoms with E-state index < -0.39 is 29.3 Å². The van der Waals surface area contributed by atoms with Crippen molar-refractivity contribution in [3.8, 4) is 11.4 Å². The highest BCUT2D eigenvalue weighted by atomic mass is 16.6. The summed E-state index contributed by atoms with van der Waals surface area (Å²) in [6.45, 7) is 5.03. The first kappa shape index (κ1) is 25.2. The second-order valence-corrected chi connectivity index (χ2v) is 8.57. The summed E-state index contributed by atoms with van der Waals surface area (Å²) in [6, 6.07) is 12.5. The Morgan fingerprint density at radius 2 is 1.89 bits per heavy atom. The Labute approximate surface area is 212 Å². The van der Waals surface area contributed by atoms with Gasteiger partial charge >= 0.3 is 6.03 Å². The van der Waals surface area contributed by atoms with E-state index in [-0.39, 0.29) is 11.4 Å². The lowest BCUT2D eigenvalue weighted by Gasteiger charge is -2.14. The van der Waals surface area contributed by atoms with E-state index in [4.69, 9.17) is 4.74 Å². The van der Waals surface area contributed by atoms with Gasteiger partial charge in [0.05, 0.1) is 17.7 Å². The molecular formula is C26H25N5O6. The summed E-state index contributed by atoms with van der Waals surface area (Å²) in [5, 5.41) is 16.5. The fourth-order valence-corrected chi connectivity index (χ4v) is 4.21. The van der Waals surface area contributed by atoms with Crippen molar-refractivity contribution in [3.63, 3.8) is 0 Å². The second kappa shape index (κ2) is 9.97. The molecule has 0 spiro atoms. The number of carbonyl (C=O) groups is 3. The van der Waals surface area contributed by atoms with Gasteiger partial charge in [-0.25, -0.2) is 9.69 Å². The number of nitro groups is 1. The summed E-state index contributed by atoms with van der Waals surface area (Å²) >= 11 is 0. The number of methoxy groups -OCH3 is 1. The highest BCUT2D eigenvalue weighted by molar-refractivity contribution is 6.16. The maximum absolute atomic E-state index is 12.9. The second-order valence-electron chi connectivity index (χ2n) is 8.57. The number of hydrogen-bond donors (Lipinski definition) is 2. The molecular weight excluding hydrogens is 478 g/mol. The van der Waals surface area contributed by atoms with Crippen LogP contribution in [0.1, 0.15) is 22.5 Å². The van der Waals surface area contributed by atoms with Crippen LogP contribution in [-0.4, -0.2) is 45.9 Å². The van der Waals surface area contributed by atoms with Crippen molar-refractivity contribution in [1.29, 1.82) is 0 Å². The number of amides is 4. The quantitative estimate of drug-likeness (QED) is 0.218. The minimum atomic E-state index is -0.704. The summed E-state index contributed by atoms with van der Waals surface area (Å²) in [7, 11) is 1.47. The normalized spacial score (nSPS) is 14.2. The fraction of sp³-hybridized carbons (Fsp3) is 0.192. The first-order chi connectivity index (χ1) is 17.6. The van der Waals surface area contributed by atoms with Crippen molar-refractivity contribution in [3.05, 3.63) is 86.9 Å². The zero-order chi connectivity index (χ0) is 26.9. The Bertz CT molecular complexity index is 1470. The van der Waals surface area contributed by atoms with Crippen LogP contribution in [0.15, 0.2) is 54.2 Å². The number of nitrogens with zero attached hydrogens (tertiary/aromatic N) is 3. The van der Waals surface area contributed by atoms with Crippen LogP contribution in [0, 0.1) is 30.9 Å².